The van der Waals surface area contributed by atoms with Gasteiger partial charge >= 0.3 is 5.97 Å². The summed E-state index contributed by atoms with van der Waals surface area (Å²) < 4.78 is 4.98. The van der Waals surface area contributed by atoms with Crippen LogP contribution in [0.25, 0.3) is 0 Å². The molecule has 1 saturated heterocycles. The lowest BCUT2D eigenvalue weighted by atomic mass is 9.84. The molecule has 1 aliphatic heterocycles. The van der Waals surface area contributed by atoms with Crippen LogP contribution in [0, 0.1) is 5.92 Å². The standard InChI is InChI=1S/C18H32N2O3/c1-2-23-17(21)10-15-20(18(22)16-8-7-9-16)14-6-5-13-19-11-3-4-12-19/h16H,2-15H2,1H3. The molecule has 0 N–H and O–H groups in total. The molecular weight excluding hydrogens is 292 g/mol. The lowest BCUT2D eigenvalue weighted by molar-refractivity contribution is -0.145. The number of carbonyl (C=O) groups is 2. The number of hydrogen-bond acceptors (Lipinski definition) is 4. The van der Waals surface area contributed by atoms with E-state index in [2.05, 4.69) is 4.90 Å². The molecule has 1 aliphatic carbocycles. The van der Waals surface area contributed by atoms with Crippen LogP contribution >= 0.6 is 0 Å². The van der Waals surface area contributed by atoms with Crippen LogP contribution in [0.5, 0.6) is 0 Å². The van der Waals surface area contributed by atoms with Gasteiger partial charge in [-0.15, -0.1) is 0 Å². The lowest BCUT2D eigenvalue weighted by Crippen LogP contribution is -2.40. The Kier molecular flexibility index (Phi) is 7.86. The molecule has 5 nitrogen and oxygen atoms in total. The molecular formula is C18H32N2O3. The Hall–Kier alpha value is -1.10. The molecule has 1 heterocycles. The van der Waals surface area contributed by atoms with Gasteiger partial charge < -0.3 is 14.5 Å². The number of likely N-dealkylation sites (tertiary alicyclic amines) is 1. The van der Waals surface area contributed by atoms with Crippen molar-refractivity contribution in [2.75, 3.05) is 39.3 Å². The first kappa shape index (κ1) is 18.2. The largest absolute Gasteiger partial charge is 0.466 e. The second-order valence-electron chi connectivity index (χ2n) is 6.76. The molecule has 0 bridgehead atoms. The summed E-state index contributed by atoms with van der Waals surface area (Å²) in [5.74, 6) is 0.258. The van der Waals surface area contributed by atoms with Crippen molar-refractivity contribution in [2.24, 2.45) is 5.92 Å². The second-order valence-corrected chi connectivity index (χ2v) is 6.76. The Morgan fingerprint density at radius 2 is 1.83 bits per heavy atom. The van der Waals surface area contributed by atoms with Crippen molar-refractivity contribution in [1.29, 1.82) is 0 Å². The quantitative estimate of drug-likeness (QED) is 0.457. The van der Waals surface area contributed by atoms with E-state index in [4.69, 9.17) is 4.74 Å². The number of carbonyl (C=O) groups excluding carboxylic acids is 2. The van der Waals surface area contributed by atoms with Crippen LogP contribution in [0.3, 0.4) is 0 Å². The topological polar surface area (TPSA) is 49.9 Å². The molecule has 0 aromatic carbocycles. The molecule has 1 amide bonds. The minimum absolute atomic E-state index is 0.198. The number of esters is 1. The van der Waals surface area contributed by atoms with Gasteiger partial charge in [-0.25, -0.2) is 0 Å². The van der Waals surface area contributed by atoms with Crippen LogP contribution in [0.4, 0.5) is 0 Å². The molecule has 2 fully saturated rings. The van der Waals surface area contributed by atoms with Crippen LogP contribution in [-0.2, 0) is 14.3 Å². The lowest BCUT2D eigenvalue weighted by Gasteiger charge is -2.31. The molecule has 2 rings (SSSR count). The van der Waals surface area contributed by atoms with Gasteiger partial charge in [0.2, 0.25) is 5.91 Å². The van der Waals surface area contributed by atoms with Gasteiger partial charge in [-0.05, 0) is 65.1 Å². The number of amides is 1. The van der Waals surface area contributed by atoms with Crippen molar-refractivity contribution in [3.63, 3.8) is 0 Å². The number of unbranched alkanes of at least 4 members (excludes halogenated alkanes) is 1. The van der Waals surface area contributed by atoms with Crippen LogP contribution in [-0.4, -0.2) is 61.0 Å². The number of hydrogen-bond donors (Lipinski definition) is 0. The van der Waals surface area contributed by atoms with Gasteiger partial charge in [-0.1, -0.05) is 6.42 Å². The highest BCUT2D eigenvalue weighted by atomic mass is 16.5. The van der Waals surface area contributed by atoms with Crippen LogP contribution in [0.2, 0.25) is 0 Å². The van der Waals surface area contributed by atoms with E-state index in [0.29, 0.717) is 19.6 Å². The summed E-state index contributed by atoms with van der Waals surface area (Å²) in [6.45, 7) is 7.11. The predicted octanol–water partition coefficient (Wildman–Crippen LogP) is 2.44. The SMILES string of the molecule is CCOC(=O)CCN(CCCCN1CCCC1)C(=O)C1CCC1. The first-order chi connectivity index (χ1) is 11.2. The zero-order chi connectivity index (χ0) is 16.5. The average Bonchev–Trinajstić information content (AvgIpc) is 2.98. The Morgan fingerprint density at radius 3 is 2.43 bits per heavy atom. The summed E-state index contributed by atoms with van der Waals surface area (Å²) in [6.07, 6.45) is 8.32. The van der Waals surface area contributed by atoms with Gasteiger partial charge in [-0.2, -0.15) is 0 Å². The highest BCUT2D eigenvalue weighted by Gasteiger charge is 2.29. The molecule has 1 saturated carbocycles. The second kappa shape index (κ2) is 9.91. The zero-order valence-electron chi connectivity index (χ0n) is 14.6. The van der Waals surface area contributed by atoms with Crippen LogP contribution in [0.15, 0.2) is 0 Å². The van der Waals surface area contributed by atoms with E-state index < -0.39 is 0 Å². The monoisotopic (exact) mass is 324 g/mol. The molecule has 0 aromatic heterocycles. The van der Waals surface area contributed by atoms with Gasteiger partial charge in [0.25, 0.3) is 0 Å². The predicted molar refractivity (Wildman–Crippen MR) is 90.1 cm³/mol. The fourth-order valence-electron chi connectivity index (χ4n) is 3.35. The van der Waals surface area contributed by atoms with Gasteiger partial charge in [0.15, 0.2) is 0 Å². The Labute approximate surface area is 140 Å². The molecule has 0 aromatic rings. The fourth-order valence-corrected chi connectivity index (χ4v) is 3.35. The average molecular weight is 324 g/mol. The maximum absolute atomic E-state index is 12.5. The molecule has 132 valence electrons. The zero-order valence-corrected chi connectivity index (χ0v) is 14.6. The van der Waals surface area contributed by atoms with E-state index in [9.17, 15) is 9.59 Å². The fraction of sp³-hybridized carbons (Fsp3) is 0.889. The van der Waals surface area contributed by atoms with Crippen molar-refractivity contribution in [3.8, 4) is 0 Å². The highest BCUT2D eigenvalue weighted by Crippen LogP contribution is 2.28. The first-order valence-corrected chi connectivity index (χ1v) is 9.37. The van der Waals surface area contributed by atoms with Crippen molar-refractivity contribution in [2.45, 2.75) is 58.3 Å². The number of nitrogens with zero attached hydrogens (tertiary/aromatic N) is 2. The molecule has 0 atom stereocenters. The van der Waals surface area contributed by atoms with Gasteiger partial charge in [0, 0.05) is 19.0 Å². The molecule has 0 spiro atoms. The Balaban J connectivity index is 1.70. The summed E-state index contributed by atoms with van der Waals surface area (Å²) in [6, 6.07) is 0. The maximum Gasteiger partial charge on any atom is 0.307 e. The summed E-state index contributed by atoms with van der Waals surface area (Å²) >= 11 is 0. The van der Waals surface area contributed by atoms with Crippen molar-refractivity contribution >= 4 is 11.9 Å². The molecule has 23 heavy (non-hydrogen) atoms. The first-order valence-electron chi connectivity index (χ1n) is 9.37. The molecule has 2 aliphatic rings. The third-order valence-electron chi connectivity index (χ3n) is 5.01. The van der Waals surface area contributed by atoms with E-state index >= 15 is 0 Å². The smallest absolute Gasteiger partial charge is 0.307 e. The van der Waals surface area contributed by atoms with E-state index in [1.807, 2.05) is 11.8 Å². The number of ether oxygens (including phenoxy) is 1. The van der Waals surface area contributed by atoms with Crippen molar-refractivity contribution in [3.05, 3.63) is 0 Å². The van der Waals surface area contributed by atoms with Crippen LogP contribution in [0.1, 0.15) is 58.3 Å². The van der Waals surface area contributed by atoms with Gasteiger partial charge in [-0.3, -0.25) is 9.59 Å². The Morgan fingerprint density at radius 1 is 1.09 bits per heavy atom. The number of rotatable bonds is 10. The van der Waals surface area contributed by atoms with E-state index in [1.54, 1.807) is 0 Å². The van der Waals surface area contributed by atoms with E-state index in [0.717, 1.165) is 45.2 Å². The Bertz CT molecular complexity index is 376. The maximum atomic E-state index is 12.5. The highest BCUT2D eigenvalue weighted by molar-refractivity contribution is 5.80. The summed E-state index contributed by atoms with van der Waals surface area (Å²) in [5.41, 5.74) is 0. The van der Waals surface area contributed by atoms with Crippen LogP contribution < -0.4 is 0 Å². The summed E-state index contributed by atoms with van der Waals surface area (Å²) in [4.78, 5) is 28.5. The molecule has 0 radical (unpaired) electrons. The van der Waals surface area contributed by atoms with Gasteiger partial charge in [0.1, 0.15) is 0 Å². The third-order valence-corrected chi connectivity index (χ3v) is 5.01. The van der Waals surface area contributed by atoms with E-state index in [-0.39, 0.29) is 17.8 Å². The van der Waals surface area contributed by atoms with Crippen molar-refractivity contribution in [1.82, 2.24) is 9.80 Å². The molecule has 0 unspecified atom stereocenters. The minimum Gasteiger partial charge on any atom is -0.466 e. The van der Waals surface area contributed by atoms with E-state index in [1.165, 1.54) is 25.9 Å². The minimum atomic E-state index is -0.198. The summed E-state index contributed by atoms with van der Waals surface area (Å²) in [5, 5.41) is 0. The van der Waals surface area contributed by atoms with Crippen molar-refractivity contribution < 1.29 is 14.3 Å². The normalized spacial score (nSPS) is 18.7. The molecule has 5 heteroatoms. The van der Waals surface area contributed by atoms with Gasteiger partial charge in [0.05, 0.1) is 13.0 Å². The third kappa shape index (κ3) is 6.13. The summed E-state index contributed by atoms with van der Waals surface area (Å²) in [7, 11) is 0.